The predicted molar refractivity (Wildman–Crippen MR) is 85.4 cm³/mol. The van der Waals surface area contributed by atoms with Crippen molar-refractivity contribution >= 4 is 21.9 Å². The van der Waals surface area contributed by atoms with Crippen molar-refractivity contribution in [1.29, 1.82) is 0 Å². The average Bonchev–Trinajstić information content (AvgIpc) is 2.46. The lowest BCUT2D eigenvalue weighted by Crippen LogP contribution is -2.37. The van der Waals surface area contributed by atoms with E-state index in [1.165, 1.54) is 0 Å². The predicted octanol–water partition coefficient (Wildman–Crippen LogP) is 2.16. The third kappa shape index (κ3) is 5.79. The Morgan fingerprint density at radius 1 is 1.30 bits per heavy atom. The summed E-state index contributed by atoms with van der Waals surface area (Å²) in [5.41, 5.74) is 1.07. The molecule has 112 valence electrons. The average molecular weight is 344 g/mol. The lowest BCUT2D eigenvalue weighted by molar-refractivity contribution is 0.195. The van der Waals surface area contributed by atoms with Crippen LogP contribution in [-0.4, -0.2) is 40.4 Å². The molecule has 0 unspecified atom stereocenters. The highest BCUT2D eigenvalue weighted by Gasteiger charge is 2.05. The van der Waals surface area contributed by atoms with Gasteiger partial charge < -0.3 is 20.1 Å². The van der Waals surface area contributed by atoms with Crippen LogP contribution in [0.5, 0.6) is 5.75 Å². The molecule has 1 aromatic carbocycles. The van der Waals surface area contributed by atoms with E-state index in [0.29, 0.717) is 6.54 Å². The van der Waals surface area contributed by atoms with Gasteiger partial charge in [0.2, 0.25) is 0 Å². The number of aliphatic imine (C=N–C) groups is 1. The van der Waals surface area contributed by atoms with Gasteiger partial charge in [0.15, 0.2) is 5.96 Å². The van der Waals surface area contributed by atoms with Gasteiger partial charge in [0.25, 0.3) is 0 Å². The molecule has 1 rings (SSSR count). The van der Waals surface area contributed by atoms with Gasteiger partial charge in [0, 0.05) is 43.9 Å². The molecule has 0 aliphatic carbocycles. The fraction of sp³-hybridized carbons (Fsp3) is 0.500. The van der Waals surface area contributed by atoms with Gasteiger partial charge in [-0.25, -0.2) is 0 Å². The van der Waals surface area contributed by atoms with Crippen LogP contribution < -0.4 is 15.4 Å². The van der Waals surface area contributed by atoms with E-state index in [4.69, 9.17) is 9.47 Å². The summed E-state index contributed by atoms with van der Waals surface area (Å²) in [5, 5.41) is 6.49. The van der Waals surface area contributed by atoms with Crippen molar-refractivity contribution in [1.82, 2.24) is 10.6 Å². The summed E-state index contributed by atoms with van der Waals surface area (Å²) >= 11 is 3.47. The van der Waals surface area contributed by atoms with E-state index in [2.05, 4.69) is 31.6 Å². The van der Waals surface area contributed by atoms with Crippen molar-refractivity contribution in [3.63, 3.8) is 0 Å². The number of methoxy groups -OCH3 is 2. The summed E-state index contributed by atoms with van der Waals surface area (Å²) in [6.45, 7) is 2.21. The number of rotatable bonds is 7. The Morgan fingerprint density at radius 2 is 2.10 bits per heavy atom. The fourth-order valence-electron chi connectivity index (χ4n) is 1.71. The second-order valence-electron chi connectivity index (χ2n) is 4.16. The van der Waals surface area contributed by atoms with E-state index in [9.17, 15) is 0 Å². The van der Waals surface area contributed by atoms with Crippen LogP contribution in [-0.2, 0) is 11.3 Å². The highest BCUT2D eigenvalue weighted by Crippen LogP contribution is 2.22. The number of halogens is 1. The van der Waals surface area contributed by atoms with E-state index >= 15 is 0 Å². The maximum Gasteiger partial charge on any atom is 0.191 e. The number of nitrogens with zero attached hydrogens (tertiary/aromatic N) is 1. The number of guanidine groups is 1. The van der Waals surface area contributed by atoms with Crippen molar-refractivity contribution < 1.29 is 9.47 Å². The largest absolute Gasteiger partial charge is 0.496 e. The van der Waals surface area contributed by atoms with E-state index in [1.54, 1.807) is 21.3 Å². The van der Waals surface area contributed by atoms with Gasteiger partial charge in [-0.2, -0.15) is 0 Å². The Hall–Kier alpha value is -1.27. The van der Waals surface area contributed by atoms with Gasteiger partial charge in [-0.15, -0.1) is 0 Å². The minimum atomic E-state index is 0.645. The first-order valence-corrected chi connectivity index (χ1v) is 7.26. The van der Waals surface area contributed by atoms with Gasteiger partial charge in [0.05, 0.1) is 7.11 Å². The van der Waals surface area contributed by atoms with Crippen molar-refractivity contribution in [2.75, 3.05) is 34.4 Å². The van der Waals surface area contributed by atoms with Crippen molar-refractivity contribution in [3.8, 4) is 5.75 Å². The summed E-state index contributed by atoms with van der Waals surface area (Å²) in [4.78, 5) is 4.18. The normalized spacial score (nSPS) is 11.3. The molecule has 0 amide bonds. The van der Waals surface area contributed by atoms with Crippen LogP contribution in [0.15, 0.2) is 27.7 Å². The van der Waals surface area contributed by atoms with Crippen molar-refractivity contribution in [2.24, 2.45) is 4.99 Å². The van der Waals surface area contributed by atoms with Crippen LogP contribution in [0.25, 0.3) is 0 Å². The smallest absolute Gasteiger partial charge is 0.191 e. The SMILES string of the molecule is CN=C(NCCCOC)NCc1cc(Br)ccc1OC. The monoisotopic (exact) mass is 343 g/mol. The van der Waals surface area contributed by atoms with Gasteiger partial charge in [-0.3, -0.25) is 4.99 Å². The van der Waals surface area contributed by atoms with Crippen molar-refractivity contribution in [3.05, 3.63) is 28.2 Å². The molecule has 0 atom stereocenters. The molecule has 0 bridgehead atoms. The molecular weight excluding hydrogens is 322 g/mol. The molecule has 2 N–H and O–H groups in total. The molecule has 0 aliphatic heterocycles. The second kappa shape index (κ2) is 9.61. The number of ether oxygens (including phenoxy) is 2. The first kappa shape index (κ1) is 16.8. The van der Waals surface area contributed by atoms with Crippen LogP contribution >= 0.6 is 15.9 Å². The quantitative estimate of drug-likeness (QED) is 0.452. The van der Waals surface area contributed by atoms with Gasteiger partial charge in [0.1, 0.15) is 5.75 Å². The van der Waals surface area contributed by atoms with E-state index < -0.39 is 0 Å². The zero-order valence-electron chi connectivity index (χ0n) is 12.2. The summed E-state index contributed by atoms with van der Waals surface area (Å²) in [7, 11) is 5.13. The Labute approximate surface area is 128 Å². The second-order valence-corrected chi connectivity index (χ2v) is 5.07. The standard InChI is InChI=1S/C14H22BrN3O2/c1-16-14(17-7-4-8-19-2)18-10-11-9-12(15)5-6-13(11)20-3/h5-6,9H,4,7-8,10H2,1-3H3,(H2,16,17,18). The van der Waals surface area contributed by atoms with E-state index in [-0.39, 0.29) is 0 Å². The minimum absolute atomic E-state index is 0.645. The lowest BCUT2D eigenvalue weighted by Gasteiger charge is -2.14. The highest BCUT2D eigenvalue weighted by molar-refractivity contribution is 9.10. The van der Waals surface area contributed by atoms with Crippen LogP contribution in [0, 0.1) is 0 Å². The molecule has 0 radical (unpaired) electrons. The number of benzene rings is 1. The van der Waals surface area contributed by atoms with Crippen LogP contribution in [0.3, 0.4) is 0 Å². The van der Waals surface area contributed by atoms with Crippen LogP contribution in [0.1, 0.15) is 12.0 Å². The third-order valence-corrected chi connectivity index (χ3v) is 3.22. The molecule has 0 saturated heterocycles. The summed E-state index contributed by atoms with van der Waals surface area (Å²) < 4.78 is 11.4. The Morgan fingerprint density at radius 3 is 2.75 bits per heavy atom. The fourth-order valence-corrected chi connectivity index (χ4v) is 2.12. The zero-order chi connectivity index (χ0) is 14.8. The Bertz CT molecular complexity index is 438. The Kier molecular flexibility index (Phi) is 8.06. The van der Waals surface area contributed by atoms with Crippen molar-refractivity contribution in [2.45, 2.75) is 13.0 Å². The Balaban J connectivity index is 2.50. The van der Waals surface area contributed by atoms with Gasteiger partial charge in [-0.05, 0) is 24.6 Å². The maximum atomic E-state index is 5.34. The molecule has 0 saturated carbocycles. The molecular formula is C14H22BrN3O2. The number of hydrogen-bond acceptors (Lipinski definition) is 3. The van der Waals surface area contributed by atoms with E-state index in [0.717, 1.165) is 41.3 Å². The van der Waals surface area contributed by atoms with Gasteiger partial charge in [-0.1, -0.05) is 15.9 Å². The van der Waals surface area contributed by atoms with Gasteiger partial charge >= 0.3 is 0 Å². The van der Waals surface area contributed by atoms with Crippen LogP contribution in [0.2, 0.25) is 0 Å². The summed E-state index contributed by atoms with van der Waals surface area (Å²) in [6, 6.07) is 5.93. The number of nitrogens with one attached hydrogen (secondary N) is 2. The summed E-state index contributed by atoms with van der Waals surface area (Å²) in [5.74, 6) is 1.62. The molecule has 20 heavy (non-hydrogen) atoms. The number of hydrogen-bond donors (Lipinski definition) is 2. The molecule has 6 heteroatoms. The zero-order valence-corrected chi connectivity index (χ0v) is 13.8. The molecule has 5 nitrogen and oxygen atoms in total. The molecule has 0 spiro atoms. The topological polar surface area (TPSA) is 54.9 Å². The molecule has 0 aromatic heterocycles. The molecule has 0 aliphatic rings. The van der Waals surface area contributed by atoms with Crippen LogP contribution in [0.4, 0.5) is 0 Å². The molecule has 0 fully saturated rings. The minimum Gasteiger partial charge on any atom is -0.496 e. The summed E-state index contributed by atoms with van der Waals surface area (Å²) in [6.07, 6.45) is 0.942. The first-order valence-electron chi connectivity index (χ1n) is 6.47. The third-order valence-electron chi connectivity index (χ3n) is 2.73. The maximum absolute atomic E-state index is 5.34. The molecule has 1 aromatic rings. The lowest BCUT2D eigenvalue weighted by atomic mass is 10.2. The highest BCUT2D eigenvalue weighted by atomic mass is 79.9. The first-order chi connectivity index (χ1) is 9.71. The van der Waals surface area contributed by atoms with E-state index in [1.807, 2.05) is 18.2 Å². The molecule has 0 heterocycles.